The lowest BCUT2D eigenvalue weighted by molar-refractivity contribution is -0.130. The minimum absolute atomic E-state index is 0.0665. The Balaban J connectivity index is 1.50. The summed E-state index contributed by atoms with van der Waals surface area (Å²) in [5.41, 5.74) is 3.44. The minimum atomic E-state index is -0.0665. The number of nitrogens with one attached hydrogen (secondary N) is 1. The zero-order chi connectivity index (χ0) is 22.5. The number of allylic oxidation sites excluding steroid dienone is 1. The van der Waals surface area contributed by atoms with Gasteiger partial charge in [0.15, 0.2) is 0 Å². The third kappa shape index (κ3) is 4.89. The maximum absolute atomic E-state index is 13.3. The van der Waals surface area contributed by atoms with Crippen molar-refractivity contribution in [3.8, 4) is 0 Å². The van der Waals surface area contributed by atoms with Crippen LogP contribution in [-0.4, -0.2) is 71.1 Å². The summed E-state index contributed by atoms with van der Waals surface area (Å²) in [6.45, 7) is 7.99. The molecular formula is C25H29N5O2. The van der Waals surface area contributed by atoms with E-state index in [0.717, 1.165) is 60.6 Å². The van der Waals surface area contributed by atoms with Crippen molar-refractivity contribution in [1.82, 2.24) is 20.0 Å². The van der Waals surface area contributed by atoms with Crippen LogP contribution in [-0.2, 0) is 9.59 Å². The van der Waals surface area contributed by atoms with Crippen molar-refractivity contribution < 1.29 is 9.59 Å². The number of piperazine rings is 1. The second-order valence-corrected chi connectivity index (χ2v) is 8.12. The number of carbonyl (C=O) groups excluding carboxylic acids is 2. The van der Waals surface area contributed by atoms with Gasteiger partial charge in [0.1, 0.15) is 0 Å². The van der Waals surface area contributed by atoms with Gasteiger partial charge in [-0.25, -0.2) is 0 Å². The van der Waals surface area contributed by atoms with E-state index in [9.17, 15) is 9.59 Å². The fourth-order valence-corrected chi connectivity index (χ4v) is 4.10. The predicted molar refractivity (Wildman–Crippen MR) is 127 cm³/mol. The molecule has 0 atom stereocenters. The molecule has 0 unspecified atom stereocenters. The van der Waals surface area contributed by atoms with Crippen molar-refractivity contribution >= 4 is 34.0 Å². The number of amides is 2. The monoisotopic (exact) mass is 431 g/mol. The fourth-order valence-electron chi connectivity index (χ4n) is 4.10. The number of carbonyl (C=O) groups is 2. The van der Waals surface area contributed by atoms with E-state index in [2.05, 4.69) is 15.1 Å². The van der Waals surface area contributed by atoms with Crippen LogP contribution >= 0.6 is 0 Å². The fraction of sp³-hybridized carbons (Fsp3) is 0.320. The molecule has 2 amide bonds. The molecule has 1 N–H and O–H groups in total. The Hall–Kier alpha value is -3.45. The van der Waals surface area contributed by atoms with Crippen molar-refractivity contribution in [2.45, 2.75) is 13.8 Å². The zero-order valence-corrected chi connectivity index (χ0v) is 18.6. The summed E-state index contributed by atoms with van der Waals surface area (Å²) in [4.78, 5) is 30.9. The van der Waals surface area contributed by atoms with Gasteiger partial charge in [-0.05, 0) is 30.7 Å². The van der Waals surface area contributed by atoms with Crippen LogP contribution in [0.2, 0.25) is 0 Å². The standard InChI is InChI=1S/C25H29N5O2/c1-19(25-22-10-6-7-11-23(22)26-27-25)18-24(32)30(21-8-4-3-5-9-21)17-14-28-12-15-29(16-13-28)20(2)31/h3-11,18H,12-17H2,1-2H3,(H,26,27)/b19-18+. The largest absolute Gasteiger partial charge is 0.340 e. The van der Waals surface area contributed by atoms with Crippen molar-refractivity contribution in [2.24, 2.45) is 0 Å². The van der Waals surface area contributed by atoms with Gasteiger partial charge in [-0.15, -0.1) is 0 Å². The molecule has 4 rings (SSSR count). The molecule has 3 aromatic rings. The highest BCUT2D eigenvalue weighted by Gasteiger charge is 2.21. The molecule has 1 aliphatic rings. The van der Waals surface area contributed by atoms with Crippen LogP contribution in [0.3, 0.4) is 0 Å². The van der Waals surface area contributed by atoms with Crippen molar-refractivity contribution in [3.05, 3.63) is 66.4 Å². The number of hydrogen-bond acceptors (Lipinski definition) is 4. The molecule has 0 aliphatic carbocycles. The predicted octanol–water partition coefficient (Wildman–Crippen LogP) is 3.16. The van der Waals surface area contributed by atoms with Crippen LogP contribution in [0, 0.1) is 0 Å². The molecular weight excluding hydrogens is 402 g/mol. The lowest BCUT2D eigenvalue weighted by Gasteiger charge is -2.35. The Bertz CT molecular complexity index is 1110. The third-order valence-corrected chi connectivity index (χ3v) is 5.98. The number of para-hydroxylation sites is 2. The van der Waals surface area contributed by atoms with Crippen LogP contribution < -0.4 is 4.90 Å². The number of hydrogen-bond donors (Lipinski definition) is 1. The summed E-state index contributed by atoms with van der Waals surface area (Å²) >= 11 is 0. The van der Waals surface area contributed by atoms with E-state index in [1.165, 1.54) is 0 Å². The van der Waals surface area contributed by atoms with E-state index in [1.807, 2.05) is 71.3 Å². The summed E-state index contributed by atoms with van der Waals surface area (Å²) in [5.74, 6) is 0.0559. The quantitative estimate of drug-likeness (QED) is 0.609. The maximum atomic E-state index is 13.3. The molecule has 2 aromatic carbocycles. The number of fused-ring (bicyclic) bond motifs is 1. The average molecular weight is 432 g/mol. The highest BCUT2D eigenvalue weighted by Crippen LogP contribution is 2.23. The second-order valence-electron chi connectivity index (χ2n) is 8.12. The van der Waals surface area contributed by atoms with Crippen LogP contribution in [0.4, 0.5) is 5.69 Å². The van der Waals surface area contributed by atoms with Gasteiger partial charge in [-0.1, -0.05) is 36.4 Å². The van der Waals surface area contributed by atoms with Gasteiger partial charge >= 0.3 is 0 Å². The summed E-state index contributed by atoms with van der Waals surface area (Å²) < 4.78 is 0. The molecule has 7 nitrogen and oxygen atoms in total. The SMILES string of the molecule is CC(=O)N1CCN(CCN(C(=O)/C=C(\C)c2n[nH]c3ccccc23)c2ccccc2)CC1. The first-order valence-electron chi connectivity index (χ1n) is 11.0. The molecule has 0 bridgehead atoms. The van der Waals surface area contributed by atoms with Crippen LogP contribution in [0.15, 0.2) is 60.7 Å². The molecule has 0 spiro atoms. The van der Waals surface area contributed by atoms with Crippen LogP contribution in [0.5, 0.6) is 0 Å². The molecule has 1 saturated heterocycles. The van der Waals surface area contributed by atoms with E-state index in [1.54, 1.807) is 13.0 Å². The van der Waals surface area contributed by atoms with E-state index < -0.39 is 0 Å². The van der Waals surface area contributed by atoms with Crippen LogP contribution in [0.25, 0.3) is 16.5 Å². The third-order valence-electron chi connectivity index (χ3n) is 5.98. The first-order valence-corrected chi connectivity index (χ1v) is 11.0. The number of aromatic nitrogens is 2. The maximum Gasteiger partial charge on any atom is 0.251 e. The second kappa shape index (κ2) is 9.78. The Morgan fingerprint density at radius 1 is 1.00 bits per heavy atom. The Labute approximate surface area is 188 Å². The van der Waals surface area contributed by atoms with Gasteiger partial charge in [0.2, 0.25) is 5.91 Å². The van der Waals surface area contributed by atoms with Crippen LogP contribution in [0.1, 0.15) is 19.5 Å². The van der Waals surface area contributed by atoms with Crippen molar-refractivity contribution in [2.75, 3.05) is 44.2 Å². The van der Waals surface area contributed by atoms with Gasteiger partial charge in [0.25, 0.3) is 5.91 Å². The summed E-state index contributed by atoms with van der Waals surface area (Å²) in [5, 5.41) is 8.45. The molecule has 7 heteroatoms. The van der Waals surface area contributed by atoms with Gasteiger partial charge in [-0.2, -0.15) is 5.10 Å². The Morgan fingerprint density at radius 2 is 1.69 bits per heavy atom. The van der Waals surface area contributed by atoms with Gasteiger partial charge in [-0.3, -0.25) is 19.6 Å². The van der Waals surface area contributed by atoms with Gasteiger partial charge in [0.05, 0.1) is 11.2 Å². The highest BCUT2D eigenvalue weighted by atomic mass is 16.2. The summed E-state index contributed by atoms with van der Waals surface area (Å²) in [7, 11) is 0. The smallest absolute Gasteiger partial charge is 0.251 e. The first kappa shape index (κ1) is 21.8. The van der Waals surface area contributed by atoms with E-state index in [4.69, 9.17) is 0 Å². The lowest BCUT2D eigenvalue weighted by atomic mass is 10.1. The van der Waals surface area contributed by atoms with E-state index in [0.29, 0.717) is 6.54 Å². The molecule has 0 radical (unpaired) electrons. The molecule has 0 saturated carbocycles. The topological polar surface area (TPSA) is 72.5 Å². The molecule has 2 heterocycles. The highest BCUT2D eigenvalue weighted by molar-refractivity contribution is 6.06. The Kier molecular flexibility index (Phi) is 6.66. The van der Waals surface area contributed by atoms with E-state index >= 15 is 0 Å². The van der Waals surface area contributed by atoms with E-state index in [-0.39, 0.29) is 11.8 Å². The number of H-pyrrole nitrogens is 1. The van der Waals surface area contributed by atoms with Crippen molar-refractivity contribution in [3.63, 3.8) is 0 Å². The Morgan fingerprint density at radius 3 is 2.41 bits per heavy atom. The summed E-state index contributed by atoms with van der Waals surface area (Å²) in [6.07, 6.45) is 1.67. The summed E-state index contributed by atoms with van der Waals surface area (Å²) in [6, 6.07) is 17.7. The number of nitrogens with zero attached hydrogens (tertiary/aromatic N) is 4. The average Bonchev–Trinajstić information content (AvgIpc) is 3.24. The number of anilines is 1. The molecule has 1 fully saturated rings. The van der Waals surface area contributed by atoms with Gasteiger partial charge < -0.3 is 9.80 Å². The number of aromatic amines is 1. The molecule has 32 heavy (non-hydrogen) atoms. The lowest BCUT2D eigenvalue weighted by Crippen LogP contribution is -2.50. The zero-order valence-electron chi connectivity index (χ0n) is 18.6. The molecule has 1 aliphatic heterocycles. The molecule has 166 valence electrons. The van der Waals surface area contributed by atoms with Gasteiger partial charge in [0, 0.05) is 63.3 Å². The number of benzene rings is 2. The first-order chi connectivity index (χ1) is 15.5. The van der Waals surface area contributed by atoms with Crippen molar-refractivity contribution in [1.29, 1.82) is 0 Å². The normalized spacial score (nSPS) is 15.2. The number of rotatable bonds is 6. The minimum Gasteiger partial charge on any atom is -0.340 e. The molecule has 1 aromatic heterocycles.